The Morgan fingerprint density at radius 3 is 2.17 bits per heavy atom. The maximum absolute atomic E-state index is 12.6. The van der Waals surface area contributed by atoms with Gasteiger partial charge in [-0.3, -0.25) is 37.7 Å². The number of H-pyrrole nitrogens is 2. The van der Waals surface area contributed by atoms with Crippen molar-refractivity contribution in [3.63, 3.8) is 0 Å². The number of fused-ring (bicyclic) bond motifs is 2. The number of phosphoric ester groups is 2. The molecule has 11 N–H and O–H groups in total. The highest BCUT2D eigenvalue weighted by Crippen LogP contribution is 2.68. The summed E-state index contributed by atoms with van der Waals surface area (Å²) in [6, 6.07) is 0. The van der Waals surface area contributed by atoms with Crippen molar-refractivity contribution in [3.8, 4) is 0 Å². The van der Waals surface area contributed by atoms with E-state index in [0.29, 0.717) is 0 Å². The summed E-state index contributed by atoms with van der Waals surface area (Å²) >= 11 is 0. The molecule has 0 aliphatic carbocycles. The molecule has 6 heterocycles. The number of aliphatic hydroxyl groups excluding tert-OH is 2. The molecule has 53 heavy (non-hydrogen) atoms. The Labute approximate surface area is 294 Å². The molecular formula is C23H34N10O17P3+. The third-order valence-electron chi connectivity index (χ3n) is 8.31. The third-order valence-corrected chi connectivity index (χ3v) is 12.6. The second-order valence-corrected chi connectivity index (χ2v) is 16.5. The number of hydrogen-bond donors (Lipinski definition) is 9. The summed E-state index contributed by atoms with van der Waals surface area (Å²) in [5.41, 5.74) is 10.0. The van der Waals surface area contributed by atoms with Crippen molar-refractivity contribution in [2.45, 2.75) is 49.9 Å². The van der Waals surface area contributed by atoms with E-state index in [1.165, 1.54) is 40.5 Å². The van der Waals surface area contributed by atoms with Crippen molar-refractivity contribution in [2.24, 2.45) is 13.0 Å². The third kappa shape index (κ3) is 7.86. The van der Waals surface area contributed by atoms with Crippen LogP contribution in [0.1, 0.15) is 19.4 Å². The zero-order valence-corrected chi connectivity index (χ0v) is 30.2. The van der Waals surface area contributed by atoms with E-state index in [2.05, 4.69) is 38.1 Å². The lowest BCUT2D eigenvalue weighted by atomic mass is 10.0. The lowest BCUT2D eigenvalue weighted by Gasteiger charge is -2.21. The van der Waals surface area contributed by atoms with Gasteiger partial charge in [0.1, 0.15) is 24.4 Å². The van der Waals surface area contributed by atoms with E-state index in [9.17, 15) is 48.2 Å². The van der Waals surface area contributed by atoms with Gasteiger partial charge in [0.05, 0.1) is 32.7 Å². The molecule has 2 saturated heterocycles. The van der Waals surface area contributed by atoms with Crippen LogP contribution in [0.3, 0.4) is 0 Å². The van der Waals surface area contributed by atoms with Crippen LogP contribution < -0.4 is 27.2 Å². The summed E-state index contributed by atoms with van der Waals surface area (Å²) in [7, 11) is -14.3. The monoisotopic (exact) mass is 815 g/mol. The van der Waals surface area contributed by atoms with Crippen LogP contribution in [0.4, 0.5) is 11.9 Å². The van der Waals surface area contributed by atoms with Crippen LogP contribution in [0, 0.1) is 5.92 Å². The van der Waals surface area contributed by atoms with Crippen molar-refractivity contribution < 1.29 is 75.0 Å². The van der Waals surface area contributed by atoms with Gasteiger partial charge in [-0.15, -0.1) is 0 Å². The van der Waals surface area contributed by atoms with E-state index in [4.69, 9.17) is 30.2 Å². The molecule has 30 heteroatoms. The van der Waals surface area contributed by atoms with Gasteiger partial charge >= 0.3 is 29.1 Å². The Morgan fingerprint density at radius 1 is 0.925 bits per heavy atom. The van der Waals surface area contributed by atoms with Crippen LogP contribution in [0.15, 0.2) is 22.2 Å². The van der Waals surface area contributed by atoms with Crippen LogP contribution in [0.5, 0.6) is 0 Å². The SMILES string of the molecule is COC1[C@@H](C)[C@@H](COP(=O)(O)OP(=O)(O)OP(=O)(O)OC[C@H]2O[C@@H]([n+]3cn(C)c4c(=O)[nH]c(N)nc43)[C@@H](O)C2O)O[C@H]1n1cnc2c(=O)[nH]c(N)nc21. The Balaban J connectivity index is 1.06. The van der Waals surface area contributed by atoms with Gasteiger partial charge < -0.3 is 50.6 Å². The average Bonchev–Trinajstić information content (AvgIpc) is 3.76. The molecule has 0 saturated carbocycles. The molecule has 4 aromatic rings. The topological polar surface area (TPSA) is 387 Å². The molecule has 0 bridgehead atoms. The van der Waals surface area contributed by atoms with Crippen LogP contribution in [-0.2, 0) is 52.6 Å². The standard InChI is InChI=1S/C23H33N10O17P3/c1-8-9(47-21(15(8)44-3)32-6-26-11-16(32)27-22(24)29-18(11)36)4-45-51(38,39)49-53(42,43)50-52(40,41)46-5-10-13(34)14(35)20(48-10)33-7-31(2)12-17(33)28-23(25)30-19(12)37/h6-10,13-15,20-21,34-35H,4-5H2,1-3H3,(H8-,24,25,27,28,29,30,36,37,38,39,40,41,42,43)/p+1/t8-,9+,10+,13?,14-,15?,20+,21+/m0/s1. The number of phosphoric acid groups is 3. The van der Waals surface area contributed by atoms with Crippen LogP contribution in [0.25, 0.3) is 22.3 Å². The number of aliphatic hydroxyl groups is 2. The van der Waals surface area contributed by atoms with Gasteiger partial charge in [-0.25, -0.2) is 23.2 Å². The van der Waals surface area contributed by atoms with Crippen molar-refractivity contribution in [3.05, 3.63) is 33.4 Å². The summed E-state index contributed by atoms with van der Waals surface area (Å²) < 4.78 is 76.4. The second-order valence-electron chi connectivity index (χ2n) is 11.9. The minimum Gasteiger partial charge on any atom is -0.387 e. The molecule has 4 aromatic heterocycles. The summed E-state index contributed by atoms with van der Waals surface area (Å²) in [6.07, 6.45) is -6.78. The number of aryl methyl sites for hydroxylation is 1. The number of hydrogen-bond acceptors (Lipinski definition) is 19. The zero-order chi connectivity index (χ0) is 38.8. The number of ether oxygens (including phenoxy) is 3. The van der Waals surface area contributed by atoms with Crippen LogP contribution >= 0.6 is 23.5 Å². The van der Waals surface area contributed by atoms with E-state index < -0.39 is 96.7 Å². The van der Waals surface area contributed by atoms with Gasteiger partial charge in [-0.2, -0.15) is 13.6 Å². The molecule has 27 nitrogen and oxygen atoms in total. The summed E-state index contributed by atoms with van der Waals surface area (Å²) in [6.45, 7) is -0.176. The molecular weight excluding hydrogens is 781 g/mol. The number of nitrogens with two attached hydrogens (primary N) is 2. The highest BCUT2D eigenvalue weighted by atomic mass is 31.3. The largest absolute Gasteiger partial charge is 0.490 e. The Kier molecular flexibility index (Phi) is 10.6. The minimum absolute atomic E-state index is 0.0283. The van der Waals surface area contributed by atoms with Crippen LogP contribution in [0.2, 0.25) is 0 Å². The smallest absolute Gasteiger partial charge is 0.387 e. The van der Waals surface area contributed by atoms with E-state index in [1.54, 1.807) is 6.92 Å². The lowest BCUT2D eigenvalue weighted by Crippen LogP contribution is -2.46. The second kappa shape index (κ2) is 14.3. The normalized spacial score (nSPS) is 29.7. The predicted molar refractivity (Wildman–Crippen MR) is 172 cm³/mol. The molecule has 292 valence electrons. The Bertz CT molecular complexity index is 2300. The highest BCUT2D eigenvalue weighted by molar-refractivity contribution is 7.66. The molecule has 2 fully saturated rings. The predicted octanol–water partition coefficient (Wildman–Crippen LogP) is -2.62. The van der Waals surface area contributed by atoms with Crippen molar-refractivity contribution in [2.75, 3.05) is 31.8 Å². The first-order chi connectivity index (χ1) is 24.7. The molecule has 2 aliphatic heterocycles. The maximum Gasteiger partial charge on any atom is 0.490 e. The first kappa shape index (κ1) is 39.2. The number of nitrogen functional groups attached to an aromatic ring is 2. The van der Waals surface area contributed by atoms with Crippen molar-refractivity contribution in [1.29, 1.82) is 0 Å². The number of rotatable bonds is 13. The first-order valence-electron chi connectivity index (χ1n) is 15.1. The Hall–Kier alpha value is -3.49. The van der Waals surface area contributed by atoms with Gasteiger partial charge in [0, 0.05) is 13.0 Å². The highest BCUT2D eigenvalue weighted by Gasteiger charge is 2.50. The number of anilines is 2. The fraction of sp³-hybridized carbons (Fsp3) is 0.565. The zero-order valence-electron chi connectivity index (χ0n) is 27.5. The number of nitrogens with one attached hydrogen (secondary N) is 2. The Morgan fingerprint density at radius 2 is 1.53 bits per heavy atom. The summed E-state index contributed by atoms with van der Waals surface area (Å²) in [5.74, 6) is -1.06. The van der Waals surface area contributed by atoms with E-state index >= 15 is 0 Å². The molecule has 0 aromatic carbocycles. The lowest BCUT2D eigenvalue weighted by molar-refractivity contribution is -0.745. The van der Waals surface area contributed by atoms with Crippen LogP contribution in [-0.4, -0.2) is 110 Å². The molecule has 0 radical (unpaired) electrons. The number of aromatic amines is 2. The first-order valence-corrected chi connectivity index (χ1v) is 19.6. The number of aromatic nitrogens is 8. The summed E-state index contributed by atoms with van der Waals surface area (Å²) in [4.78, 5) is 71.6. The molecule has 11 atom stereocenters. The van der Waals surface area contributed by atoms with E-state index in [1.807, 2.05) is 0 Å². The van der Waals surface area contributed by atoms with Gasteiger partial charge in [0.2, 0.25) is 17.7 Å². The fourth-order valence-electron chi connectivity index (χ4n) is 5.94. The summed E-state index contributed by atoms with van der Waals surface area (Å²) in [5, 5.41) is 21.2. The minimum atomic E-state index is -5.92. The number of methoxy groups -OCH3 is 1. The average molecular weight is 815 g/mol. The number of imidazole rings is 2. The van der Waals surface area contributed by atoms with Gasteiger partial charge in [0.15, 0.2) is 23.7 Å². The molecule has 2 aliphatic rings. The van der Waals surface area contributed by atoms with Gasteiger partial charge in [0.25, 0.3) is 17.1 Å². The van der Waals surface area contributed by atoms with E-state index in [-0.39, 0.29) is 34.2 Å². The molecule has 0 amide bonds. The van der Waals surface area contributed by atoms with Gasteiger partial charge in [-0.1, -0.05) is 11.9 Å². The van der Waals surface area contributed by atoms with Crippen molar-refractivity contribution >= 4 is 57.7 Å². The van der Waals surface area contributed by atoms with Gasteiger partial charge in [-0.05, 0) is 0 Å². The number of nitrogens with zero attached hydrogens (tertiary/aromatic N) is 6. The quantitative estimate of drug-likeness (QED) is 0.0493. The molecule has 0 spiro atoms. The molecule has 6 rings (SSSR count). The van der Waals surface area contributed by atoms with Crippen molar-refractivity contribution in [1.82, 2.24) is 34.1 Å². The van der Waals surface area contributed by atoms with E-state index in [0.717, 1.165) is 0 Å². The fourth-order valence-corrected chi connectivity index (χ4v) is 9.46. The molecule has 5 unspecified atom stereocenters. The maximum atomic E-state index is 12.6.